The molecule has 0 saturated carbocycles. The number of hydrogen-bond acceptors (Lipinski definition) is 2. The fourth-order valence-electron chi connectivity index (χ4n) is 1.61. The van der Waals surface area contributed by atoms with Crippen LogP contribution in [0.1, 0.15) is 19.4 Å². The normalized spacial score (nSPS) is 12.0. The van der Waals surface area contributed by atoms with Gasteiger partial charge in [-0.15, -0.1) is 0 Å². The molecular weight excluding hydrogens is 267 g/mol. The molecular formula is C12H15ClF3NO. The van der Waals surface area contributed by atoms with Crippen LogP contribution in [0.4, 0.5) is 18.9 Å². The predicted molar refractivity (Wildman–Crippen MR) is 65.9 cm³/mol. The van der Waals surface area contributed by atoms with Gasteiger partial charge < -0.3 is 10.0 Å². The van der Waals surface area contributed by atoms with E-state index in [4.69, 9.17) is 16.7 Å². The van der Waals surface area contributed by atoms with Crippen LogP contribution in [0.15, 0.2) is 18.2 Å². The highest BCUT2D eigenvalue weighted by atomic mass is 35.5. The van der Waals surface area contributed by atoms with Gasteiger partial charge in [0.1, 0.15) is 6.54 Å². The maximum absolute atomic E-state index is 12.5. The van der Waals surface area contributed by atoms with Crippen molar-refractivity contribution in [2.45, 2.75) is 32.7 Å². The van der Waals surface area contributed by atoms with E-state index in [1.165, 1.54) is 23.1 Å². The monoisotopic (exact) mass is 281 g/mol. The molecule has 0 unspecified atom stereocenters. The average molecular weight is 282 g/mol. The molecule has 0 aliphatic carbocycles. The van der Waals surface area contributed by atoms with Crippen LogP contribution >= 0.6 is 11.6 Å². The summed E-state index contributed by atoms with van der Waals surface area (Å²) in [6, 6.07) is 4.20. The molecule has 0 spiro atoms. The summed E-state index contributed by atoms with van der Waals surface area (Å²) < 4.78 is 37.4. The Labute approximate surface area is 109 Å². The zero-order valence-corrected chi connectivity index (χ0v) is 10.9. The standard InChI is InChI=1S/C12H15ClF3NO/c1-8(2)17(7-12(14,15)16)10-4-3-9(6-18)11(13)5-10/h3-5,8,18H,6-7H2,1-2H3. The minimum atomic E-state index is -4.27. The van der Waals surface area contributed by atoms with Crippen molar-refractivity contribution in [3.63, 3.8) is 0 Å². The van der Waals surface area contributed by atoms with Gasteiger partial charge in [-0.1, -0.05) is 17.7 Å². The Morgan fingerprint density at radius 3 is 2.33 bits per heavy atom. The summed E-state index contributed by atoms with van der Waals surface area (Å²) in [4.78, 5) is 1.22. The van der Waals surface area contributed by atoms with Gasteiger partial charge >= 0.3 is 6.18 Å². The smallest absolute Gasteiger partial charge is 0.392 e. The first-order chi connectivity index (χ1) is 8.24. The number of hydrogen-bond donors (Lipinski definition) is 1. The number of anilines is 1. The Hall–Kier alpha value is -0.940. The zero-order chi connectivity index (χ0) is 13.9. The van der Waals surface area contributed by atoms with Crippen LogP contribution in [0.25, 0.3) is 0 Å². The lowest BCUT2D eigenvalue weighted by molar-refractivity contribution is -0.120. The second-order valence-corrected chi connectivity index (χ2v) is 4.68. The molecule has 1 rings (SSSR count). The quantitative estimate of drug-likeness (QED) is 0.911. The van der Waals surface area contributed by atoms with Crippen molar-refractivity contribution in [1.82, 2.24) is 0 Å². The molecule has 6 heteroatoms. The van der Waals surface area contributed by atoms with E-state index in [0.29, 0.717) is 11.3 Å². The van der Waals surface area contributed by atoms with Gasteiger partial charge in [0.15, 0.2) is 0 Å². The van der Waals surface area contributed by atoms with Crippen molar-refractivity contribution in [3.05, 3.63) is 28.8 Å². The molecule has 0 saturated heterocycles. The molecule has 18 heavy (non-hydrogen) atoms. The summed E-state index contributed by atoms with van der Waals surface area (Å²) >= 11 is 5.88. The van der Waals surface area contributed by atoms with Gasteiger partial charge in [-0.2, -0.15) is 13.2 Å². The van der Waals surface area contributed by atoms with Gasteiger partial charge in [0.05, 0.1) is 6.61 Å². The summed E-state index contributed by atoms with van der Waals surface area (Å²) in [5, 5.41) is 9.23. The van der Waals surface area contributed by atoms with Crippen LogP contribution in [0.2, 0.25) is 5.02 Å². The third kappa shape index (κ3) is 4.07. The maximum atomic E-state index is 12.5. The van der Waals surface area contributed by atoms with Crippen molar-refractivity contribution in [2.75, 3.05) is 11.4 Å². The first kappa shape index (κ1) is 15.1. The van der Waals surface area contributed by atoms with E-state index < -0.39 is 12.7 Å². The average Bonchev–Trinajstić information content (AvgIpc) is 2.24. The Balaban J connectivity index is 3.03. The number of aliphatic hydroxyl groups is 1. The van der Waals surface area contributed by atoms with Crippen LogP contribution in [-0.2, 0) is 6.61 Å². The lowest BCUT2D eigenvalue weighted by atomic mass is 10.1. The summed E-state index contributed by atoms with van der Waals surface area (Å²) in [5.41, 5.74) is 0.889. The van der Waals surface area contributed by atoms with Gasteiger partial charge in [-0.25, -0.2) is 0 Å². The number of nitrogens with zero attached hydrogens (tertiary/aromatic N) is 1. The molecule has 2 nitrogen and oxygen atoms in total. The second kappa shape index (κ2) is 5.80. The van der Waals surface area contributed by atoms with Crippen LogP contribution in [-0.4, -0.2) is 23.9 Å². The molecule has 1 N–H and O–H groups in total. The number of aliphatic hydroxyl groups excluding tert-OH is 1. The molecule has 0 bridgehead atoms. The molecule has 102 valence electrons. The minimum Gasteiger partial charge on any atom is -0.392 e. The van der Waals surface area contributed by atoms with Gasteiger partial charge in [-0.3, -0.25) is 0 Å². The van der Waals surface area contributed by atoms with Crippen LogP contribution in [0.5, 0.6) is 0 Å². The lowest BCUT2D eigenvalue weighted by Crippen LogP contribution is -2.39. The Bertz CT molecular complexity index is 407. The highest BCUT2D eigenvalue weighted by molar-refractivity contribution is 6.31. The Kier molecular flexibility index (Phi) is 4.87. The van der Waals surface area contributed by atoms with Crippen molar-refractivity contribution in [1.29, 1.82) is 0 Å². The molecule has 0 aliphatic rings. The first-order valence-electron chi connectivity index (χ1n) is 5.47. The van der Waals surface area contributed by atoms with Crippen LogP contribution < -0.4 is 4.90 Å². The van der Waals surface area contributed by atoms with Crippen LogP contribution in [0, 0.1) is 0 Å². The number of halogens is 4. The Morgan fingerprint density at radius 2 is 1.94 bits per heavy atom. The molecule has 0 atom stereocenters. The number of benzene rings is 1. The fraction of sp³-hybridized carbons (Fsp3) is 0.500. The molecule has 0 fully saturated rings. The Morgan fingerprint density at radius 1 is 1.33 bits per heavy atom. The molecule has 0 radical (unpaired) electrons. The largest absolute Gasteiger partial charge is 0.405 e. The van der Waals surface area contributed by atoms with Gasteiger partial charge in [0.25, 0.3) is 0 Å². The van der Waals surface area contributed by atoms with E-state index in [1.54, 1.807) is 13.8 Å². The molecule has 0 aromatic heterocycles. The minimum absolute atomic E-state index is 0.236. The van der Waals surface area contributed by atoms with E-state index in [2.05, 4.69) is 0 Å². The lowest BCUT2D eigenvalue weighted by Gasteiger charge is -2.30. The number of alkyl halides is 3. The van der Waals surface area contributed by atoms with E-state index in [0.717, 1.165) is 0 Å². The van der Waals surface area contributed by atoms with E-state index in [-0.39, 0.29) is 17.7 Å². The molecule has 0 heterocycles. The molecule has 0 amide bonds. The van der Waals surface area contributed by atoms with Gasteiger partial charge in [-0.05, 0) is 31.5 Å². The summed E-state index contributed by atoms with van der Waals surface area (Å²) in [6.45, 7) is 2.10. The SMILES string of the molecule is CC(C)N(CC(F)(F)F)c1ccc(CO)c(Cl)c1. The van der Waals surface area contributed by atoms with E-state index in [9.17, 15) is 13.2 Å². The van der Waals surface area contributed by atoms with Crippen LogP contribution in [0.3, 0.4) is 0 Å². The summed E-state index contributed by atoms with van der Waals surface area (Å²) in [6.07, 6.45) is -4.27. The molecule has 0 aliphatic heterocycles. The van der Waals surface area contributed by atoms with E-state index in [1.807, 2.05) is 0 Å². The van der Waals surface area contributed by atoms with Crippen molar-refractivity contribution >= 4 is 17.3 Å². The highest BCUT2D eigenvalue weighted by Crippen LogP contribution is 2.28. The molecule has 1 aromatic rings. The zero-order valence-electron chi connectivity index (χ0n) is 10.1. The van der Waals surface area contributed by atoms with Gasteiger partial charge in [0, 0.05) is 16.8 Å². The maximum Gasteiger partial charge on any atom is 0.405 e. The molecule has 1 aromatic carbocycles. The highest BCUT2D eigenvalue weighted by Gasteiger charge is 2.32. The summed E-state index contributed by atoms with van der Waals surface area (Å²) in [5.74, 6) is 0. The van der Waals surface area contributed by atoms with Crippen molar-refractivity contribution < 1.29 is 18.3 Å². The number of rotatable bonds is 4. The topological polar surface area (TPSA) is 23.5 Å². The summed E-state index contributed by atoms with van der Waals surface area (Å²) in [7, 11) is 0. The van der Waals surface area contributed by atoms with Gasteiger partial charge in [0.2, 0.25) is 0 Å². The second-order valence-electron chi connectivity index (χ2n) is 4.27. The third-order valence-corrected chi connectivity index (χ3v) is 2.86. The predicted octanol–water partition coefficient (Wildman–Crippen LogP) is 3.61. The van der Waals surface area contributed by atoms with Crippen molar-refractivity contribution in [3.8, 4) is 0 Å². The third-order valence-electron chi connectivity index (χ3n) is 2.51. The first-order valence-corrected chi connectivity index (χ1v) is 5.85. The fourth-order valence-corrected chi connectivity index (χ4v) is 1.84. The van der Waals surface area contributed by atoms with Crippen molar-refractivity contribution in [2.24, 2.45) is 0 Å². The van der Waals surface area contributed by atoms with E-state index >= 15 is 0 Å².